The predicted octanol–water partition coefficient (Wildman–Crippen LogP) is 2.62. The molecular formula is C22H26ClN5O2. The van der Waals surface area contributed by atoms with E-state index in [1.165, 1.54) is 12.5 Å². The van der Waals surface area contributed by atoms with Crippen molar-refractivity contribution in [3.8, 4) is 0 Å². The summed E-state index contributed by atoms with van der Waals surface area (Å²) in [6, 6.07) is 15.2. The number of carbonyl (C=O) groups excluding carboxylic acids is 2. The van der Waals surface area contributed by atoms with Gasteiger partial charge in [0.25, 0.3) is 5.91 Å². The van der Waals surface area contributed by atoms with Crippen LogP contribution in [0.2, 0.25) is 5.02 Å². The molecule has 0 aliphatic carbocycles. The zero-order chi connectivity index (χ0) is 21.1. The Balaban J connectivity index is 1.29. The highest BCUT2D eigenvalue weighted by molar-refractivity contribution is 6.30. The van der Waals surface area contributed by atoms with E-state index in [1.54, 1.807) is 24.3 Å². The molecule has 2 aromatic carbocycles. The molecular weight excluding hydrogens is 402 g/mol. The maximum atomic E-state index is 12.8. The lowest BCUT2D eigenvalue weighted by Gasteiger charge is -2.37. The number of piperazine rings is 1. The summed E-state index contributed by atoms with van der Waals surface area (Å²) in [6.07, 6.45) is 1.19. The van der Waals surface area contributed by atoms with Gasteiger partial charge in [-0.1, -0.05) is 23.7 Å². The molecule has 0 bridgehead atoms. The standard InChI is InChI=1S/C22H26ClN5O2/c1-15(29)24-19-8-4-17(5-9-19)22(30)28-12-10-27(11-13-28)21-14-20(25-26-21)16-2-6-18(23)7-3-16/h2-9,20-21,25-26H,10-14H2,1H3,(H,24,29). The molecule has 158 valence electrons. The fourth-order valence-corrected chi connectivity index (χ4v) is 4.14. The number of halogens is 1. The van der Waals surface area contributed by atoms with E-state index >= 15 is 0 Å². The average molecular weight is 428 g/mol. The van der Waals surface area contributed by atoms with Gasteiger partial charge in [-0.15, -0.1) is 0 Å². The van der Waals surface area contributed by atoms with Gasteiger partial charge in [0.05, 0.1) is 6.17 Å². The van der Waals surface area contributed by atoms with Crippen molar-refractivity contribution in [2.24, 2.45) is 0 Å². The molecule has 3 N–H and O–H groups in total. The van der Waals surface area contributed by atoms with E-state index in [0.29, 0.717) is 24.3 Å². The molecule has 0 aromatic heterocycles. The summed E-state index contributed by atoms with van der Waals surface area (Å²) < 4.78 is 0. The molecule has 0 spiro atoms. The minimum Gasteiger partial charge on any atom is -0.336 e. The van der Waals surface area contributed by atoms with Crippen LogP contribution in [0.1, 0.15) is 35.3 Å². The number of hydrogen-bond donors (Lipinski definition) is 3. The van der Waals surface area contributed by atoms with Gasteiger partial charge in [0.2, 0.25) is 5.91 Å². The molecule has 2 unspecified atom stereocenters. The molecule has 8 heteroatoms. The number of anilines is 1. The van der Waals surface area contributed by atoms with Gasteiger partial charge in [-0.2, -0.15) is 0 Å². The SMILES string of the molecule is CC(=O)Nc1ccc(C(=O)N2CCN(C3CC(c4ccc(Cl)cc4)NN3)CC2)cc1. The van der Waals surface area contributed by atoms with Crippen LogP contribution in [-0.2, 0) is 4.79 Å². The largest absolute Gasteiger partial charge is 0.336 e. The van der Waals surface area contributed by atoms with Crippen LogP contribution < -0.4 is 16.2 Å². The van der Waals surface area contributed by atoms with Gasteiger partial charge in [0.15, 0.2) is 0 Å². The zero-order valence-electron chi connectivity index (χ0n) is 16.9. The van der Waals surface area contributed by atoms with Crippen molar-refractivity contribution in [2.45, 2.75) is 25.6 Å². The van der Waals surface area contributed by atoms with Crippen molar-refractivity contribution in [1.82, 2.24) is 20.7 Å². The molecule has 2 heterocycles. The average Bonchev–Trinajstić information content (AvgIpc) is 3.24. The summed E-state index contributed by atoms with van der Waals surface area (Å²) in [4.78, 5) is 28.2. The second-order valence-electron chi connectivity index (χ2n) is 7.73. The van der Waals surface area contributed by atoms with Crippen LogP contribution in [-0.4, -0.2) is 54.0 Å². The molecule has 2 amide bonds. The Hall–Kier alpha value is -2.45. The van der Waals surface area contributed by atoms with Gasteiger partial charge in [-0.05, 0) is 48.4 Å². The van der Waals surface area contributed by atoms with E-state index in [-0.39, 0.29) is 24.0 Å². The molecule has 2 atom stereocenters. The van der Waals surface area contributed by atoms with Crippen LogP contribution in [0.5, 0.6) is 0 Å². The number of carbonyl (C=O) groups is 2. The highest BCUT2D eigenvalue weighted by Crippen LogP contribution is 2.25. The van der Waals surface area contributed by atoms with Gasteiger partial charge in [0, 0.05) is 55.4 Å². The predicted molar refractivity (Wildman–Crippen MR) is 117 cm³/mol. The number of amides is 2. The van der Waals surface area contributed by atoms with Gasteiger partial charge in [-0.3, -0.25) is 14.5 Å². The lowest BCUT2D eigenvalue weighted by Crippen LogP contribution is -2.55. The van der Waals surface area contributed by atoms with Crippen LogP contribution in [0.25, 0.3) is 0 Å². The lowest BCUT2D eigenvalue weighted by molar-refractivity contribution is -0.114. The van der Waals surface area contributed by atoms with Gasteiger partial charge in [-0.25, -0.2) is 10.9 Å². The molecule has 2 fully saturated rings. The third-order valence-corrected chi connectivity index (χ3v) is 5.90. The lowest BCUT2D eigenvalue weighted by atomic mass is 10.0. The number of hydrogen-bond acceptors (Lipinski definition) is 5. The summed E-state index contributed by atoms with van der Waals surface area (Å²) in [5.41, 5.74) is 9.31. The van der Waals surface area contributed by atoms with Gasteiger partial charge in [0.1, 0.15) is 0 Å². The number of nitrogens with one attached hydrogen (secondary N) is 3. The Morgan fingerprint density at radius 1 is 0.967 bits per heavy atom. The minimum absolute atomic E-state index is 0.0283. The van der Waals surface area contributed by atoms with Crippen LogP contribution in [0.15, 0.2) is 48.5 Å². The quantitative estimate of drug-likeness (QED) is 0.699. The maximum Gasteiger partial charge on any atom is 0.253 e. The zero-order valence-corrected chi connectivity index (χ0v) is 17.7. The fourth-order valence-electron chi connectivity index (χ4n) is 4.01. The number of rotatable bonds is 4. The minimum atomic E-state index is -0.126. The van der Waals surface area contributed by atoms with Crippen LogP contribution in [0.4, 0.5) is 5.69 Å². The number of hydrazine groups is 1. The first kappa shape index (κ1) is 20.8. The van der Waals surface area contributed by atoms with E-state index in [0.717, 1.165) is 24.5 Å². The first-order chi connectivity index (χ1) is 14.5. The number of benzene rings is 2. The first-order valence-corrected chi connectivity index (χ1v) is 10.5. The monoisotopic (exact) mass is 427 g/mol. The Bertz CT molecular complexity index is 895. The maximum absolute atomic E-state index is 12.8. The van der Waals surface area contributed by atoms with Crippen LogP contribution >= 0.6 is 11.6 Å². The Morgan fingerprint density at radius 2 is 1.63 bits per heavy atom. The molecule has 2 saturated heterocycles. The van der Waals surface area contributed by atoms with Gasteiger partial charge >= 0.3 is 0 Å². The molecule has 0 radical (unpaired) electrons. The van der Waals surface area contributed by atoms with Crippen molar-refractivity contribution < 1.29 is 9.59 Å². The second kappa shape index (κ2) is 9.14. The normalized spacial score (nSPS) is 22.1. The van der Waals surface area contributed by atoms with Crippen molar-refractivity contribution in [1.29, 1.82) is 0 Å². The van der Waals surface area contributed by atoms with E-state index in [2.05, 4.69) is 33.2 Å². The molecule has 2 aromatic rings. The van der Waals surface area contributed by atoms with Gasteiger partial charge < -0.3 is 10.2 Å². The summed E-state index contributed by atoms with van der Waals surface area (Å²) in [5, 5.41) is 3.46. The Kier molecular flexibility index (Phi) is 6.34. The third-order valence-electron chi connectivity index (χ3n) is 5.65. The Morgan fingerprint density at radius 3 is 2.27 bits per heavy atom. The van der Waals surface area contributed by atoms with Crippen molar-refractivity contribution in [3.05, 3.63) is 64.7 Å². The molecule has 2 aliphatic rings. The van der Waals surface area contributed by atoms with Crippen molar-refractivity contribution >= 4 is 29.1 Å². The second-order valence-corrected chi connectivity index (χ2v) is 8.17. The fraction of sp³-hybridized carbons (Fsp3) is 0.364. The summed E-state index contributed by atoms with van der Waals surface area (Å²) in [5.74, 6) is -0.0981. The molecule has 2 aliphatic heterocycles. The molecule has 7 nitrogen and oxygen atoms in total. The molecule has 0 saturated carbocycles. The van der Waals surface area contributed by atoms with Crippen LogP contribution in [0.3, 0.4) is 0 Å². The molecule has 30 heavy (non-hydrogen) atoms. The van der Waals surface area contributed by atoms with E-state index in [4.69, 9.17) is 11.6 Å². The van der Waals surface area contributed by atoms with Crippen LogP contribution in [0, 0.1) is 0 Å². The topological polar surface area (TPSA) is 76.7 Å². The highest BCUT2D eigenvalue weighted by atomic mass is 35.5. The summed E-state index contributed by atoms with van der Waals surface area (Å²) in [7, 11) is 0. The van der Waals surface area contributed by atoms with Crippen molar-refractivity contribution in [3.63, 3.8) is 0 Å². The Labute approximate surface area is 181 Å². The smallest absolute Gasteiger partial charge is 0.253 e. The van der Waals surface area contributed by atoms with E-state index in [9.17, 15) is 9.59 Å². The van der Waals surface area contributed by atoms with E-state index < -0.39 is 0 Å². The summed E-state index contributed by atoms with van der Waals surface area (Å²) >= 11 is 5.99. The molecule has 4 rings (SSSR count). The third kappa shape index (κ3) is 4.82. The summed E-state index contributed by atoms with van der Waals surface area (Å²) in [6.45, 7) is 4.49. The number of nitrogens with zero attached hydrogens (tertiary/aromatic N) is 2. The first-order valence-electron chi connectivity index (χ1n) is 10.2. The highest BCUT2D eigenvalue weighted by Gasteiger charge is 2.32. The van der Waals surface area contributed by atoms with Crippen molar-refractivity contribution in [2.75, 3.05) is 31.5 Å². The van der Waals surface area contributed by atoms with E-state index in [1.807, 2.05) is 17.0 Å².